The zero-order valence-corrected chi connectivity index (χ0v) is 11.5. The second-order valence-electron chi connectivity index (χ2n) is 4.17. The Morgan fingerprint density at radius 3 is 2.43 bits per heavy atom. The molecule has 0 atom stereocenters. The van der Waals surface area contributed by atoms with E-state index in [1.807, 2.05) is 6.07 Å². The van der Waals surface area contributed by atoms with Gasteiger partial charge in [-0.05, 0) is 12.1 Å². The molecule has 0 aliphatic rings. The highest BCUT2D eigenvalue weighted by molar-refractivity contribution is 5.94. The summed E-state index contributed by atoms with van der Waals surface area (Å²) in [6.45, 7) is 0.214. The van der Waals surface area contributed by atoms with Crippen LogP contribution in [0.15, 0.2) is 30.3 Å². The molecular weight excluding hydrogens is 276 g/mol. The molecule has 0 heterocycles. The van der Waals surface area contributed by atoms with Crippen LogP contribution in [-0.2, 0) is 14.3 Å². The number of rotatable bonds is 9. The summed E-state index contributed by atoms with van der Waals surface area (Å²) in [5.74, 6) is -1.51. The molecule has 0 saturated heterocycles. The normalized spacial score (nSPS) is 9.90. The minimum absolute atomic E-state index is 0.133. The zero-order chi connectivity index (χ0) is 15.5. The molecule has 0 radical (unpaired) electrons. The minimum Gasteiger partial charge on any atom is -0.480 e. The first-order valence-electron chi connectivity index (χ1n) is 6.49. The highest BCUT2D eigenvalue weighted by Gasteiger charge is 2.05. The fraction of sp³-hybridized carbons (Fsp3) is 0.357. The first kappa shape index (κ1) is 16.6. The number of amides is 2. The second kappa shape index (κ2) is 9.49. The molecule has 1 aromatic carbocycles. The average molecular weight is 294 g/mol. The van der Waals surface area contributed by atoms with Gasteiger partial charge in [0.2, 0.25) is 5.91 Å². The van der Waals surface area contributed by atoms with Gasteiger partial charge in [-0.25, -0.2) is 4.79 Å². The van der Waals surface area contributed by atoms with Crippen molar-refractivity contribution in [2.24, 2.45) is 0 Å². The average Bonchev–Trinajstić information content (AvgIpc) is 2.47. The van der Waals surface area contributed by atoms with E-state index in [1.54, 1.807) is 24.3 Å². The Morgan fingerprint density at radius 2 is 1.76 bits per heavy atom. The maximum Gasteiger partial charge on any atom is 0.329 e. The maximum atomic E-state index is 11.7. The smallest absolute Gasteiger partial charge is 0.329 e. The SMILES string of the molecule is O=C(O)COCCNC(=O)CCNC(=O)c1ccccc1. The number of benzene rings is 1. The molecule has 0 aliphatic heterocycles. The second-order valence-corrected chi connectivity index (χ2v) is 4.17. The number of ether oxygens (including phenoxy) is 1. The Morgan fingerprint density at radius 1 is 1.05 bits per heavy atom. The molecule has 0 unspecified atom stereocenters. The van der Waals surface area contributed by atoms with Crippen LogP contribution in [0.25, 0.3) is 0 Å². The van der Waals surface area contributed by atoms with Crippen LogP contribution in [-0.4, -0.2) is 49.2 Å². The summed E-state index contributed by atoms with van der Waals surface area (Å²) in [6, 6.07) is 8.72. The van der Waals surface area contributed by atoms with E-state index in [9.17, 15) is 14.4 Å². The van der Waals surface area contributed by atoms with Crippen molar-refractivity contribution in [1.82, 2.24) is 10.6 Å². The molecule has 0 fully saturated rings. The van der Waals surface area contributed by atoms with Crippen molar-refractivity contribution >= 4 is 17.8 Å². The Labute approximate surface area is 122 Å². The van der Waals surface area contributed by atoms with E-state index < -0.39 is 5.97 Å². The largest absolute Gasteiger partial charge is 0.480 e. The molecule has 0 saturated carbocycles. The molecule has 0 aliphatic carbocycles. The van der Waals surface area contributed by atoms with Gasteiger partial charge >= 0.3 is 5.97 Å². The van der Waals surface area contributed by atoms with Gasteiger partial charge in [-0.1, -0.05) is 18.2 Å². The van der Waals surface area contributed by atoms with Crippen LogP contribution in [0.5, 0.6) is 0 Å². The van der Waals surface area contributed by atoms with E-state index >= 15 is 0 Å². The lowest BCUT2D eigenvalue weighted by molar-refractivity contribution is -0.142. The third-order valence-corrected chi connectivity index (χ3v) is 2.47. The van der Waals surface area contributed by atoms with Gasteiger partial charge in [0, 0.05) is 25.1 Å². The van der Waals surface area contributed by atoms with E-state index in [-0.39, 0.29) is 44.5 Å². The van der Waals surface area contributed by atoms with Gasteiger partial charge in [0.15, 0.2) is 0 Å². The number of nitrogens with one attached hydrogen (secondary N) is 2. The molecule has 7 heteroatoms. The summed E-state index contributed by atoms with van der Waals surface area (Å²) in [5, 5.41) is 13.5. The van der Waals surface area contributed by atoms with Crippen LogP contribution in [0.2, 0.25) is 0 Å². The monoisotopic (exact) mass is 294 g/mol. The standard InChI is InChI=1S/C14H18N2O5/c17-12(15-8-9-21-10-13(18)19)6-7-16-14(20)11-4-2-1-3-5-11/h1-5H,6-10H2,(H,15,17)(H,16,20)(H,18,19). The van der Waals surface area contributed by atoms with Crippen LogP contribution in [0, 0.1) is 0 Å². The Kier molecular flexibility index (Phi) is 7.52. The molecular formula is C14H18N2O5. The summed E-state index contributed by atoms with van der Waals surface area (Å²) < 4.78 is 4.76. The van der Waals surface area contributed by atoms with Crippen molar-refractivity contribution in [3.8, 4) is 0 Å². The predicted octanol–water partition coefficient (Wildman–Crippen LogP) is 0.0239. The van der Waals surface area contributed by atoms with E-state index in [2.05, 4.69) is 10.6 Å². The Hall–Kier alpha value is -2.41. The van der Waals surface area contributed by atoms with Crippen LogP contribution in [0.3, 0.4) is 0 Å². The van der Waals surface area contributed by atoms with E-state index in [4.69, 9.17) is 9.84 Å². The first-order valence-corrected chi connectivity index (χ1v) is 6.49. The fourth-order valence-corrected chi connectivity index (χ4v) is 1.49. The van der Waals surface area contributed by atoms with E-state index in [1.165, 1.54) is 0 Å². The number of carbonyl (C=O) groups excluding carboxylic acids is 2. The topological polar surface area (TPSA) is 105 Å². The van der Waals surface area contributed by atoms with Crippen molar-refractivity contribution in [3.63, 3.8) is 0 Å². The third-order valence-electron chi connectivity index (χ3n) is 2.47. The molecule has 1 aromatic rings. The molecule has 0 spiro atoms. The summed E-state index contributed by atoms with van der Waals surface area (Å²) in [7, 11) is 0. The van der Waals surface area contributed by atoms with Crippen LogP contribution in [0.1, 0.15) is 16.8 Å². The minimum atomic E-state index is -1.05. The highest BCUT2D eigenvalue weighted by atomic mass is 16.5. The predicted molar refractivity (Wildman–Crippen MR) is 74.9 cm³/mol. The number of hydrogen-bond acceptors (Lipinski definition) is 4. The molecule has 7 nitrogen and oxygen atoms in total. The van der Waals surface area contributed by atoms with Crippen molar-refractivity contribution < 1.29 is 24.2 Å². The lowest BCUT2D eigenvalue weighted by atomic mass is 10.2. The lowest BCUT2D eigenvalue weighted by Gasteiger charge is -2.07. The summed E-state index contributed by atoms with van der Waals surface area (Å²) in [6.07, 6.45) is 0.150. The van der Waals surface area contributed by atoms with Crippen LogP contribution in [0.4, 0.5) is 0 Å². The molecule has 0 bridgehead atoms. The Bertz CT molecular complexity index is 476. The first-order chi connectivity index (χ1) is 10.1. The fourth-order valence-electron chi connectivity index (χ4n) is 1.49. The molecule has 1 rings (SSSR count). The van der Waals surface area contributed by atoms with Crippen molar-refractivity contribution in [1.29, 1.82) is 0 Å². The molecule has 2 amide bonds. The van der Waals surface area contributed by atoms with Gasteiger partial charge < -0.3 is 20.5 Å². The number of carbonyl (C=O) groups is 3. The number of hydrogen-bond donors (Lipinski definition) is 3. The van der Waals surface area contributed by atoms with E-state index in [0.717, 1.165) is 0 Å². The van der Waals surface area contributed by atoms with Crippen molar-refractivity contribution in [3.05, 3.63) is 35.9 Å². The van der Waals surface area contributed by atoms with Gasteiger partial charge in [0.1, 0.15) is 6.61 Å². The number of carboxylic acids is 1. The van der Waals surface area contributed by atoms with E-state index in [0.29, 0.717) is 5.56 Å². The van der Waals surface area contributed by atoms with Gasteiger partial charge in [-0.15, -0.1) is 0 Å². The highest BCUT2D eigenvalue weighted by Crippen LogP contribution is 1.97. The summed E-state index contributed by atoms with van der Waals surface area (Å²) in [4.78, 5) is 33.3. The van der Waals surface area contributed by atoms with Gasteiger partial charge in [0.25, 0.3) is 5.91 Å². The zero-order valence-electron chi connectivity index (χ0n) is 11.5. The molecule has 3 N–H and O–H groups in total. The summed E-state index contributed by atoms with van der Waals surface area (Å²) in [5.41, 5.74) is 0.542. The Balaban J connectivity index is 2.08. The molecule has 114 valence electrons. The number of aliphatic carboxylic acids is 1. The summed E-state index contributed by atoms with van der Waals surface area (Å²) >= 11 is 0. The van der Waals surface area contributed by atoms with Gasteiger partial charge in [-0.2, -0.15) is 0 Å². The third kappa shape index (κ3) is 7.68. The van der Waals surface area contributed by atoms with Crippen molar-refractivity contribution in [2.45, 2.75) is 6.42 Å². The van der Waals surface area contributed by atoms with Gasteiger partial charge in [0.05, 0.1) is 6.61 Å². The van der Waals surface area contributed by atoms with Gasteiger partial charge in [-0.3, -0.25) is 9.59 Å². The molecule has 21 heavy (non-hydrogen) atoms. The van der Waals surface area contributed by atoms with Crippen LogP contribution < -0.4 is 10.6 Å². The maximum absolute atomic E-state index is 11.7. The van der Waals surface area contributed by atoms with Crippen molar-refractivity contribution in [2.75, 3.05) is 26.3 Å². The lowest BCUT2D eigenvalue weighted by Crippen LogP contribution is -2.32. The number of carboxylic acid groups (broad SMARTS) is 1. The molecule has 0 aromatic heterocycles. The van der Waals surface area contributed by atoms with Crippen LogP contribution >= 0.6 is 0 Å². The quantitative estimate of drug-likeness (QED) is 0.557.